The van der Waals surface area contributed by atoms with Crippen molar-refractivity contribution < 1.29 is 193 Å². The van der Waals surface area contributed by atoms with Crippen molar-refractivity contribution in [1.29, 1.82) is 0 Å². The van der Waals surface area contributed by atoms with E-state index in [0.717, 1.165) is 13.8 Å². The minimum Gasteiger partial charge on any atom is -0.394 e. The van der Waals surface area contributed by atoms with Crippen LogP contribution in [0.4, 0.5) is 0 Å². The zero-order valence-corrected chi connectivity index (χ0v) is 50.1. The largest absolute Gasteiger partial charge is 0.394 e. The summed E-state index contributed by atoms with van der Waals surface area (Å²) in [5, 5.41) is 243. The highest BCUT2D eigenvalue weighted by Gasteiger charge is 2.59. The summed E-state index contributed by atoms with van der Waals surface area (Å²) in [5.74, 6) is -1.82. The molecule has 40 atom stereocenters. The van der Waals surface area contributed by atoms with Crippen LogP contribution in [0.2, 0.25) is 0 Å². The summed E-state index contributed by atoms with van der Waals surface area (Å²) < 4.78 is 87.8. The molecule has 2 amide bonds. The van der Waals surface area contributed by atoms with Crippen LogP contribution in [0, 0.1) is 0 Å². The molecule has 8 heterocycles. The third kappa shape index (κ3) is 16.5. The average molecular weight is 1370 g/mol. The molecule has 0 aliphatic carbocycles. The third-order valence-electron chi connectivity index (χ3n) is 17.3. The molecule has 0 bridgehead atoms. The van der Waals surface area contributed by atoms with Crippen LogP contribution in [0.25, 0.3) is 0 Å². The quantitative estimate of drug-likeness (QED) is 0.0479. The summed E-state index contributed by atoms with van der Waals surface area (Å²) in [4.78, 5) is 26.1. The van der Waals surface area contributed by atoms with E-state index in [1.54, 1.807) is 0 Å². The fourth-order valence-electron chi connectivity index (χ4n) is 12.0. The molecule has 0 radical (unpaired) electrons. The van der Waals surface area contributed by atoms with Crippen molar-refractivity contribution in [1.82, 2.24) is 10.6 Å². The summed E-state index contributed by atoms with van der Waals surface area (Å²) in [6.07, 6.45) is -73.0. The minimum absolute atomic E-state index is 0.842. The van der Waals surface area contributed by atoms with Crippen LogP contribution in [0.3, 0.4) is 0 Å². The second-order valence-electron chi connectivity index (χ2n) is 23.9. The van der Waals surface area contributed by atoms with Gasteiger partial charge in [-0.1, -0.05) is 0 Å². The maximum Gasteiger partial charge on any atom is 0.217 e. The molecule has 8 aliphatic rings. The van der Waals surface area contributed by atoms with E-state index in [-0.39, 0.29) is 0 Å². The molecule has 0 spiro atoms. The first-order valence-electron chi connectivity index (χ1n) is 29.8. The van der Waals surface area contributed by atoms with Gasteiger partial charge in [-0.15, -0.1) is 0 Å². The van der Waals surface area contributed by atoms with Crippen LogP contribution in [0.15, 0.2) is 0 Å². The Morgan fingerprint density at radius 1 is 0.301 bits per heavy atom. The Bertz CT molecular complexity index is 2350. The second-order valence-corrected chi connectivity index (χ2v) is 23.9. The molecule has 0 aromatic heterocycles. The van der Waals surface area contributed by atoms with Gasteiger partial charge in [0.25, 0.3) is 0 Å². The molecule has 93 heavy (non-hydrogen) atoms. The Morgan fingerprint density at radius 3 is 1.18 bits per heavy atom. The van der Waals surface area contributed by atoms with Crippen molar-refractivity contribution in [3.8, 4) is 0 Å². The van der Waals surface area contributed by atoms with E-state index in [4.69, 9.17) is 71.1 Å². The number of aliphatic hydroxyl groups is 22. The molecule has 0 saturated carbocycles. The van der Waals surface area contributed by atoms with Gasteiger partial charge in [-0.3, -0.25) is 9.59 Å². The lowest BCUT2D eigenvalue weighted by Gasteiger charge is -2.51. The first-order chi connectivity index (χ1) is 43.9. The van der Waals surface area contributed by atoms with Crippen molar-refractivity contribution in [2.45, 2.75) is 273 Å². The Kier molecular flexibility index (Phi) is 26.7. The molecule has 0 aromatic rings. The van der Waals surface area contributed by atoms with Gasteiger partial charge < -0.3 is 194 Å². The Balaban J connectivity index is 1.09. The maximum atomic E-state index is 13.2. The van der Waals surface area contributed by atoms with Crippen molar-refractivity contribution in [3.05, 3.63) is 0 Å². The van der Waals surface area contributed by atoms with E-state index in [0.29, 0.717) is 0 Å². The van der Waals surface area contributed by atoms with Crippen molar-refractivity contribution >= 4 is 11.8 Å². The molecule has 24 N–H and O–H groups in total. The van der Waals surface area contributed by atoms with Gasteiger partial charge in [0, 0.05) is 13.8 Å². The molecule has 0 unspecified atom stereocenters. The molecule has 8 saturated heterocycles. The second kappa shape index (κ2) is 32.6. The van der Waals surface area contributed by atoms with Crippen molar-refractivity contribution in [2.75, 3.05) is 39.6 Å². The van der Waals surface area contributed by atoms with E-state index in [1.165, 1.54) is 13.8 Å². The van der Waals surface area contributed by atoms with Crippen molar-refractivity contribution in [3.63, 3.8) is 0 Å². The highest BCUT2D eigenvalue weighted by atomic mass is 16.8. The first-order valence-corrected chi connectivity index (χ1v) is 29.8. The molecular weight excluding hydrogens is 1280 g/mol. The summed E-state index contributed by atoms with van der Waals surface area (Å²) in [7, 11) is 0. The predicted octanol–water partition coefficient (Wildman–Crippen LogP) is -16.1. The number of carbonyl (C=O) groups excluding carboxylic acids is 2. The average Bonchev–Trinajstić information content (AvgIpc) is 0.773. The van der Waals surface area contributed by atoms with Crippen LogP contribution in [-0.2, 0) is 80.6 Å². The maximum absolute atomic E-state index is 13.2. The predicted molar refractivity (Wildman–Crippen MR) is 285 cm³/mol. The number of amides is 2. The zero-order valence-electron chi connectivity index (χ0n) is 50.1. The van der Waals surface area contributed by atoms with Crippen LogP contribution in [0.5, 0.6) is 0 Å². The third-order valence-corrected chi connectivity index (χ3v) is 17.3. The lowest BCUT2D eigenvalue weighted by molar-refractivity contribution is -0.388. The summed E-state index contributed by atoms with van der Waals surface area (Å²) in [5.41, 5.74) is 0. The number of carbonyl (C=O) groups is 2. The monoisotopic (exact) mass is 1360 g/mol. The highest BCUT2D eigenvalue weighted by Crippen LogP contribution is 2.38. The smallest absolute Gasteiger partial charge is 0.217 e. The lowest BCUT2D eigenvalue weighted by Crippen LogP contribution is -2.71. The van der Waals surface area contributed by atoms with Crippen LogP contribution < -0.4 is 10.6 Å². The molecule has 41 nitrogen and oxygen atoms in total. The lowest BCUT2D eigenvalue weighted by atomic mass is 9.93. The molecule has 8 aliphatic heterocycles. The molecule has 41 heteroatoms. The fraction of sp³-hybridized carbons (Fsp3) is 0.962. The standard InChI is InChI=1S/C52H88N2O39/c1-11-23(61)29(67)35(73)49(81-11)92-43-22(54-14(4)60)45(78)83-20(10-80-47-38(76)33(71)40(12(2)82-47)89-50-36(74)31(69)25(63)16(6-56)85-50)42(43)91-46-21(53-13(3)59)28(66)41(18(8-58)87-46)90-52-39(77)44(93-51-37(75)32(70)26(64)17(7-57)86-51)27(65)19(88-52)9-79-48-34(72)30(68)24(62)15(5-55)84-48/h11-12,15-52,55-58,61-78H,5-10H2,1-4H3,(H,53,59)(H,54,60)/t11-,12-,15+,16+,17+,18+,19+,20+,21+,22+,23+,24+,25-,26+,27+,28+,29+,30-,31-,32-,33-,34-,35-,36+,37-,38-,39-,40+,41+,42+,43+,44-,45+,46-,47+,48-,49-,50-,51+,52-/m0/s1. The minimum atomic E-state index is -2.33. The number of ether oxygens (including phenoxy) is 15. The summed E-state index contributed by atoms with van der Waals surface area (Å²) >= 11 is 0. The summed E-state index contributed by atoms with van der Waals surface area (Å²) in [6.45, 7) is -1.23. The van der Waals surface area contributed by atoms with Crippen LogP contribution >= 0.6 is 0 Å². The number of aliphatic hydroxyl groups excluding tert-OH is 22. The van der Waals surface area contributed by atoms with Crippen LogP contribution in [0.1, 0.15) is 27.7 Å². The van der Waals surface area contributed by atoms with Gasteiger partial charge >= 0.3 is 0 Å². The van der Waals surface area contributed by atoms with Gasteiger partial charge in [0.2, 0.25) is 11.8 Å². The van der Waals surface area contributed by atoms with Crippen LogP contribution in [-0.4, -0.2) is 409 Å². The van der Waals surface area contributed by atoms with Gasteiger partial charge in [-0.2, -0.15) is 0 Å². The van der Waals surface area contributed by atoms with E-state index in [2.05, 4.69) is 10.6 Å². The van der Waals surface area contributed by atoms with Gasteiger partial charge in [0.15, 0.2) is 50.3 Å². The van der Waals surface area contributed by atoms with Gasteiger partial charge in [-0.05, 0) is 13.8 Å². The van der Waals surface area contributed by atoms with E-state index in [9.17, 15) is 122 Å². The van der Waals surface area contributed by atoms with E-state index in [1.807, 2.05) is 0 Å². The number of hydrogen-bond acceptors (Lipinski definition) is 39. The molecule has 8 fully saturated rings. The first kappa shape index (κ1) is 76.2. The Labute approximate surface area is 527 Å². The van der Waals surface area contributed by atoms with E-state index < -0.39 is 297 Å². The number of nitrogens with one attached hydrogen (secondary N) is 2. The molecule has 8 rings (SSSR count). The highest BCUT2D eigenvalue weighted by molar-refractivity contribution is 5.73. The number of hydrogen-bond donors (Lipinski definition) is 24. The van der Waals surface area contributed by atoms with Gasteiger partial charge in [-0.25, -0.2) is 0 Å². The van der Waals surface area contributed by atoms with Gasteiger partial charge in [0.05, 0.1) is 51.8 Å². The van der Waals surface area contributed by atoms with Crippen molar-refractivity contribution in [2.24, 2.45) is 0 Å². The molecular formula is C52H88N2O39. The molecule has 540 valence electrons. The Hall–Kier alpha value is -2.54. The fourth-order valence-corrected chi connectivity index (χ4v) is 12.0. The normalized spacial score (nSPS) is 51.6. The summed E-state index contributed by atoms with van der Waals surface area (Å²) in [6, 6.07) is -3.78. The Morgan fingerprint density at radius 2 is 0.667 bits per heavy atom. The van der Waals surface area contributed by atoms with Gasteiger partial charge in [0.1, 0.15) is 183 Å². The molecule has 0 aromatic carbocycles. The zero-order chi connectivity index (χ0) is 68.5. The van der Waals surface area contributed by atoms with E-state index >= 15 is 0 Å². The number of rotatable bonds is 22. The topological polar surface area (TPSA) is 642 Å². The SMILES string of the molecule is CC(=O)N[C@@H]1[C@@H](O[C@@H]2O[C@@H](C)[C@@H](O)[C@@H](O)[C@@H]2O)[C@H](O[C@@H]2O[C@H](CO)[C@@H](O[C@@H]3O[C@H](CO[C@H]4O[C@H](CO)[C@@H](O)[C@H](O)[C@@H]4O)[C@@H](O)[C@H](O[C@H]4O[C@H](CO)[C@@H](O)[C@H](O)[C@@H]4O)[C@@H]3O)[C@H](O)[C@H]2NC(C)=O)[C@@H](CO[C@@H]2O[C@@H](C)[C@@H](O[C@@H]3O[C@H](CO)[C@H](O)[C@H](O)[C@H]3O)[C@@H](O)[C@@H]2O)O[C@H]1O.